The van der Waals surface area contributed by atoms with Crippen molar-refractivity contribution in [1.29, 1.82) is 0 Å². The van der Waals surface area contributed by atoms with Crippen LogP contribution < -0.4 is 0 Å². The highest BCUT2D eigenvalue weighted by molar-refractivity contribution is 9.10. The molecule has 4 heteroatoms. The van der Waals surface area contributed by atoms with Crippen LogP contribution in [-0.2, 0) is 0 Å². The van der Waals surface area contributed by atoms with Gasteiger partial charge >= 0.3 is 0 Å². The van der Waals surface area contributed by atoms with Crippen LogP contribution in [0.5, 0.6) is 0 Å². The van der Waals surface area contributed by atoms with E-state index in [1.54, 1.807) is 10.9 Å². The summed E-state index contributed by atoms with van der Waals surface area (Å²) >= 11 is 3.44. The molecule has 1 heterocycles. The lowest BCUT2D eigenvalue weighted by molar-refractivity contribution is 0.102. The van der Waals surface area contributed by atoms with Crippen LogP contribution in [0.4, 0.5) is 0 Å². The van der Waals surface area contributed by atoms with E-state index < -0.39 is 0 Å². The van der Waals surface area contributed by atoms with Gasteiger partial charge in [0.15, 0.2) is 0 Å². The number of hydrogen-bond donors (Lipinski definition) is 0. The zero-order valence-electron chi connectivity index (χ0n) is 12.5. The molecule has 0 saturated carbocycles. The van der Waals surface area contributed by atoms with Crippen LogP contribution in [0, 0.1) is 20.8 Å². The Morgan fingerprint density at radius 2 is 1.75 bits per heavy atom. The third-order valence-electron chi connectivity index (χ3n) is 3.36. The van der Waals surface area contributed by atoms with Gasteiger partial charge in [-0.15, -0.1) is 0 Å². The molecule has 1 aromatic carbocycles. The highest BCUT2D eigenvalue weighted by Crippen LogP contribution is 2.26. The van der Waals surface area contributed by atoms with E-state index in [1.807, 2.05) is 46.8 Å². The standard InChI is InChI=1S/C16H19BrN2O/c1-9(2)19-15(13(17)8-18-19)16(20)14-11(4)6-10(3)7-12(14)5/h6-9H,1-5H3. The molecule has 0 aliphatic heterocycles. The lowest BCUT2D eigenvalue weighted by atomic mass is 9.95. The zero-order valence-corrected chi connectivity index (χ0v) is 14.1. The Bertz CT molecular complexity index is 648. The predicted octanol–water partition coefficient (Wildman–Crippen LogP) is 4.38. The summed E-state index contributed by atoms with van der Waals surface area (Å²) in [6, 6.07) is 4.24. The first-order valence-corrected chi connectivity index (χ1v) is 7.47. The normalized spacial score (nSPS) is 11.2. The van der Waals surface area contributed by atoms with E-state index >= 15 is 0 Å². The predicted molar refractivity (Wildman–Crippen MR) is 84.4 cm³/mol. The second-order valence-corrected chi connectivity index (χ2v) is 6.34. The first-order chi connectivity index (χ1) is 9.32. The third-order valence-corrected chi connectivity index (χ3v) is 3.94. The molecule has 1 aromatic heterocycles. The van der Waals surface area contributed by atoms with Gasteiger partial charge in [-0.05, 0) is 61.7 Å². The number of aryl methyl sites for hydroxylation is 3. The van der Waals surface area contributed by atoms with Gasteiger partial charge in [-0.2, -0.15) is 5.10 Å². The van der Waals surface area contributed by atoms with Gasteiger partial charge in [0.1, 0.15) is 5.69 Å². The molecule has 2 aromatic rings. The fourth-order valence-corrected chi connectivity index (χ4v) is 3.06. The van der Waals surface area contributed by atoms with Crippen LogP contribution in [0.15, 0.2) is 22.8 Å². The van der Waals surface area contributed by atoms with Crippen molar-refractivity contribution in [3.63, 3.8) is 0 Å². The monoisotopic (exact) mass is 334 g/mol. The van der Waals surface area contributed by atoms with Gasteiger partial charge in [-0.25, -0.2) is 0 Å². The number of carbonyl (C=O) groups is 1. The summed E-state index contributed by atoms with van der Waals surface area (Å²) in [7, 11) is 0. The largest absolute Gasteiger partial charge is 0.287 e. The van der Waals surface area contributed by atoms with E-state index in [4.69, 9.17) is 0 Å². The molecule has 0 fully saturated rings. The highest BCUT2D eigenvalue weighted by atomic mass is 79.9. The number of rotatable bonds is 3. The average Bonchev–Trinajstić information content (AvgIpc) is 2.69. The van der Waals surface area contributed by atoms with Crippen LogP contribution in [-0.4, -0.2) is 15.6 Å². The maximum Gasteiger partial charge on any atom is 0.212 e. The molecular formula is C16H19BrN2O. The van der Waals surface area contributed by atoms with Crippen LogP contribution in [0.2, 0.25) is 0 Å². The second-order valence-electron chi connectivity index (χ2n) is 5.48. The topological polar surface area (TPSA) is 34.9 Å². The smallest absolute Gasteiger partial charge is 0.212 e. The second kappa shape index (κ2) is 5.52. The number of ketones is 1. The fraction of sp³-hybridized carbons (Fsp3) is 0.375. The summed E-state index contributed by atoms with van der Waals surface area (Å²) in [4.78, 5) is 12.9. The Labute approximate surface area is 128 Å². The molecule has 2 rings (SSSR count). The Balaban J connectivity index is 2.61. The maximum absolute atomic E-state index is 12.9. The summed E-state index contributed by atoms with van der Waals surface area (Å²) in [6.07, 6.45) is 1.69. The van der Waals surface area contributed by atoms with Crippen molar-refractivity contribution in [1.82, 2.24) is 9.78 Å². The van der Waals surface area contributed by atoms with Crippen molar-refractivity contribution in [3.8, 4) is 0 Å². The molecule has 20 heavy (non-hydrogen) atoms. The van der Waals surface area contributed by atoms with Crippen LogP contribution in [0.1, 0.15) is 52.6 Å². The fourth-order valence-electron chi connectivity index (χ4n) is 2.60. The first-order valence-electron chi connectivity index (χ1n) is 6.68. The number of nitrogens with zero attached hydrogens (tertiary/aromatic N) is 2. The Morgan fingerprint density at radius 3 is 2.25 bits per heavy atom. The summed E-state index contributed by atoms with van der Waals surface area (Å²) in [6.45, 7) is 10.0. The van der Waals surface area contributed by atoms with Gasteiger partial charge in [0.2, 0.25) is 5.78 Å². The van der Waals surface area contributed by atoms with Crippen LogP contribution >= 0.6 is 15.9 Å². The van der Waals surface area contributed by atoms with E-state index in [1.165, 1.54) is 5.56 Å². The molecule has 0 amide bonds. The molecule has 3 nitrogen and oxygen atoms in total. The van der Waals surface area contributed by atoms with Gasteiger partial charge in [0.25, 0.3) is 0 Å². The van der Waals surface area contributed by atoms with E-state index in [2.05, 4.69) is 21.0 Å². The van der Waals surface area contributed by atoms with E-state index in [9.17, 15) is 4.79 Å². The number of hydrogen-bond acceptors (Lipinski definition) is 2. The van der Waals surface area contributed by atoms with Crippen molar-refractivity contribution < 1.29 is 4.79 Å². The van der Waals surface area contributed by atoms with Gasteiger partial charge < -0.3 is 0 Å². The van der Waals surface area contributed by atoms with Gasteiger partial charge in [-0.3, -0.25) is 9.48 Å². The van der Waals surface area contributed by atoms with Crippen LogP contribution in [0.25, 0.3) is 0 Å². The molecule has 0 aliphatic carbocycles. The van der Waals surface area contributed by atoms with Gasteiger partial charge in [-0.1, -0.05) is 17.7 Å². The lowest BCUT2D eigenvalue weighted by Crippen LogP contribution is -2.16. The molecule has 0 radical (unpaired) electrons. The lowest BCUT2D eigenvalue weighted by Gasteiger charge is -2.14. The molecule has 0 unspecified atom stereocenters. The summed E-state index contributed by atoms with van der Waals surface area (Å²) in [5.74, 6) is 0.0260. The maximum atomic E-state index is 12.9. The molecule has 0 atom stereocenters. The van der Waals surface area contributed by atoms with E-state index in [-0.39, 0.29) is 11.8 Å². The quantitative estimate of drug-likeness (QED) is 0.780. The summed E-state index contributed by atoms with van der Waals surface area (Å²) in [5, 5.41) is 4.29. The number of aromatic nitrogens is 2. The molecule has 0 bridgehead atoms. The van der Waals surface area contributed by atoms with Crippen molar-refractivity contribution in [2.24, 2.45) is 0 Å². The number of halogens is 1. The first kappa shape index (κ1) is 15.0. The summed E-state index contributed by atoms with van der Waals surface area (Å²) < 4.78 is 2.51. The van der Waals surface area contributed by atoms with Crippen LogP contribution in [0.3, 0.4) is 0 Å². The highest BCUT2D eigenvalue weighted by Gasteiger charge is 2.23. The van der Waals surface area contributed by atoms with Crippen molar-refractivity contribution >= 4 is 21.7 Å². The minimum Gasteiger partial charge on any atom is -0.287 e. The van der Waals surface area contributed by atoms with E-state index in [0.29, 0.717) is 5.69 Å². The molecule has 0 N–H and O–H groups in total. The number of benzene rings is 1. The molecule has 0 saturated heterocycles. The van der Waals surface area contributed by atoms with Crippen molar-refractivity contribution in [3.05, 3.63) is 50.8 Å². The Morgan fingerprint density at radius 1 is 1.20 bits per heavy atom. The average molecular weight is 335 g/mol. The van der Waals surface area contributed by atoms with Gasteiger partial charge in [0.05, 0.1) is 10.7 Å². The molecular weight excluding hydrogens is 316 g/mol. The Hall–Kier alpha value is -1.42. The molecule has 0 spiro atoms. The zero-order chi connectivity index (χ0) is 15.0. The Kier molecular flexibility index (Phi) is 4.14. The minimum atomic E-state index is 0.0260. The van der Waals surface area contributed by atoms with Crippen molar-refractivity contribution in [2.45, 2.75) is 40.7 Å². The molecule has 106 valence electrons. The van der Waals surface area contributed by atoms with Gasteiger partial charge in [0, 0.05) is 11.6 Å². The third kappa shape index (κ3) is 2.57. The molecule has 0 aliphatic rings. The van der Waals surface area contributed by atoms with E-state index in [0.717, 1.165) is 21.2 Å². The SMILES string of the molecule is Cc1cc(C)c(C(=O)c2c(Br)cnn2C(C)C)c(C)c1. The number of carbonyl (C=O) groups excluding carboxylic acids is 1. The van der Waals surface area contributed by atoms with Crippen molar-refractivity contribution in [2.75, 3.05) is 0 Å². The minimum absolute atomic E-state index is 0.0260. The summed E-state index contributed by atoms with van der Waals surface area (Å²) in [5.41, 5.74) is 4.59.